The lowest BCUT2D eigenvalue weighted by molar-refractivity contribution is -0.124. The zero-order chi connectivity index (χ0) is 13.0. The zero-order valence-electron chi connectivity index (χ0n) is 11.1. The minimum absolute atomic E-state index is 0.170. The maximum Gasteiger partial charge on any atom is 0.223 e. The van der Waals surface area contributed by atoms with Gasteiger partial charge in [0.25, 0.3) is 0 Å². The summed E-state index contributed by atoms with van der Waals surface area (Å²) in [7, 11) is 0. The molecule has 1 aromatic rings. The maximum atomic E-state index is 11.7. The Morgan fingerprint density at radius 2 is 2.00 bits per heavy atom. The molecule has 1 saturated carbocycles. The van der Waals surface area contributed by atoms with Gasteiger partial charge in [-0.3, -0.25) is 4.79 Å². The summed E-state index contributed by atoms with van der Waals surface area (Å²) in [6, 6.07) is 10.1. The first-order valence-corrected chi connectivity index (χ1v) is 6.50. The number of hydrogen-bond donors (Lipinski definition) is 1. The molecule has 0 bridgehead atoms. The smallest absolute Gasteiger partial charge is 0.223 e. The van der Waals surface area contributed by atoms with E-state index < -0.39 is 0 Å². The van der Waals surface area contributed by atoms with Crippen molar-refractivity contribution in [3.8, 4) is 0 Å². The number of rotatable bonds is 6. The van der Waals surface area contributed by atoms with E-state index in [4.69, 9.17) is 4.74 Å². The predicted octanol–water partition coefficient (Wildman–Crippen LogP) is 2.51. The van der Waals surface area contributed by atoms with Gasteiger partial charge in [-0.25, -0.2) is 0 Å². The third-order valence-corrected chi connectivity index (χ3v) is 2.98. The van der Waals surface area contributed by atoms with Crippen molar-refractivity contribution in [2.24, 2.45) is 5.92 Å². The molecule has 1 amide bonds. The lowest BCUT2D eigenvalue weighted by atomic mass is 10.1. The van der Waals surface area contributed by atoms with Crippen molar-refractivity contribution in [1.82, 2.24) is 5.32 Å². The second kappa shape index (κ2) is 5.53. The molecule has 0 spiro atoms. The van der Waals surface area contributed by atoms with E-state index >= 15 is 0 Å². The van der Waals surface area contributed by atoms with Crippen molar-refractivity contribution in [2.45, 2.75) is 38.8 Å². The predicted molar refractivity (Wildman–Crippen MR) is 71.0 cm³/mol. The minimum Gasteiger partial charge on any atom is -0.374 e. The van der Waals surface area contributed by atoms with E-state index in [1.807, 2.05) is 44.2 Å². The topological polar surface area (TPSA) is 38.3 Å². The Morgan fingerprint density at radius 1 is 1.33 bits per heavy atom. The normalized spacial score (nSPS) is 15.4. The fraction of sp³-hybridized carbons (Fsp3) is 0.533. The molecule has 98 valence electrons. The summed E-state index contributed by atoms with van der Waals surface area (Å²) in [4.78, 5) is 11.7. The van der Waals surface area contributed by atoms with Crippen LogP contribution in [0.5, 0.6) is 0 Å². The van der Waals surface area contributed by atoms with Crippen LogP contribution in [0.2, 0.25) is 0 Å². The molecule has 0 aromatic heterocycles. The van der Waals surface area contributed by atoms with Gasteiger partial charge in [0.15, 0.2) is 0 Å². The lowest BCUT2D eigenvalue weighted by Crippen LogP contribution is -2.47. The third kappa shape index (κ3) is 4.15. The van der Waals surface area contributed by atoms with Gasteiger partial charge in [-0.15, -0.1) is 0 Å². The maximum absolute atomic E-state index is 11.7. The van der Waals surface area contributed by atoms with Crippen LogP contribution in [0.1, 0.15) is 32.3 Å². The van der Waals surface area contributed by atoms with E-state index in [1.165, 1.54) is 0 Å². The first-order chi connectivity index (χ1) is 8.57. The molecule has 2 rings (SSSR count). The SMILES string of the molecule is CC(C)(COCc1ccccc1)NC(=O)C1CC1. The summed E-state index contributed by atoms with van der Waals surface area (Å²) in [5, 5.41) is 3.04. The van der Waals surface area contributed by atoms with Gasteiger partial charge in [-0.05, 0) is 32.3 Å². The third-order valence-electron chi connectivity index (χ3n) is 2.98. The van der Waals surface area contributed by atoms with Gasteiger partial charge >= 0.3 is 0 Å². The number of ether oxygens (including phenoxy) is 1. The second-order valence-corrected chi connectivity index (χ2v) is 5.63. The molecular formula is C15H21NO2. The Labute approximate surface area is 109 Å². The second-order valence-electron chi connectivity index (χ2n) is 5.63. The molecule has 3 nitrogen and oxygen atoms in total. The Balaban J connectivity index is 1.72. The van der Waals surface area contributed by atoms with Gasteiger partial charge in [0.1, 0.15) is 0 Å². The molecule has 0 heterocycles. The molecule has 3 heteroatoms. The summed E-state index contributed by atoms with van der Waals surface area (Å²) in [6.07, 6.45) is 2.07. The van der Waals surface area contributed by atoms with Crippen LogP contribution in [-0.2, 0) is 16.1 Å². The summed E-state index contributed by atoms with van der Waals surface area (Å²) >= 11 is 0. The Bertz CT molecular complexity index is 396. The van der Waals surface area contributed by atoms with Gasteiger partial charge in [0.05, 0.1) is 18.8 Å². The van der Waals surface area contributed by atoms with Crippen LogP contribution < -0.4 is 5.32 Å². The highest BCUT2D eigenvalue weighted by molar-refractivity contribution is 5.81. The minimum atomic E-state index is -0.297. The van der Waals surface area contributed by atoms with Gasteiger partial charge in [-0.2, -0.15) is 0 Å². The van der Waals surface area contributed by atoms with Crippen LogP contribution in [0, 0.1) is 5.92 Å². The number of hydrogen-bond acceptors (Lipinski definition) is 2. The molecule has 0 saturated heterocycles. The van der Waals surface area contributed by atoms with E-state index in [0.717, 1.165) is 18.4 Å². The Morgan fingerprint density at radius 3 is 2.61 bits per heavy atom. The largest absolute Gasteiger partial charge is 0.374 e. The summed E-state index contributed by atoms with van der Waals surface area (Å²) in [5.41, 5.74) is 0.857. The van der Waals surface area contributed by atoms with E-state index in [2.05, 4.69) is 5.32 Å². The van der Waals surface area contributed by atoms with E-state index in [-0.39, 0.29) is 17.4 Å². The average Bonchev–Trinajstić information content (AvgIpc) is 3.13. The van der Waals surface area contributed by atoms with Crippen molar-refractivity contribution in [1.29, 1.82) is 0 Å². The van der Waals surface area contributed by atoms with Crippen molar-refractivity contribution >= 4 is 5.91 Å². The molecule has 0 atom stereocenters. The van der Waals surface area contributed by atoms with Crippen LogP contribution >= 0.6 is 0 Å². The molecule has 0 aliphatic heterocycles. The highest BCUT2D eigenvalue weighted by Crippen LogP contribution is 2.29. The number of carbonyl (C=O) groups is 1. The molecule has 18 heavy (non-hydrogen) atoms. The van der Waals surface area contributed by atoms with Crippen LogP contribution in [0.3, 0.4) is 0 Å². The number of amides is 1. The van der Waals surface area contributed by atoms with Gasteiger partial charge in [-0.1, -0.05) is 30.3 Å². The Hall–Kier alpha value is -1.35. The van der Waals surface area contributed by atoms with Crippen molar-refractivity contribution in [3.63, 3.8) is 0 Å². The average molecular weight is 247 g/mol. The van der Waals surface area contributed by atoms with Gasteiger partial charge in [0.2, 0.25) is 5.91 Å². The number of benzene rings is 1. The van der Waals surface area contributed by atoms with E-state index in [1.54, 1.807) is 0 Å². The first kappa shape index (κ1) is 13.1. The van der Waals surface area contributed by atoms with Crippen molar-refractivity contribution in [2.75, 3.05) is 6.61 Å². The lowest BCUT2D eigenvalue weighted by Gasteiger charge is -2.26. The monoisotopic (exact) mass is 247 g/mol. The summed E-state index contributed by atoms with van der Waals surface area (Å²) in [5.74, 6) is 0.418. The fourth-order valence-electron chi connectivity index (χ4n) is 1.82. The van der Waals surface area contributed by atoms with Gasteiger partial charge in [0, 0.05) is 5.92 Å². The Kier molecular flexibility index (Phi) is 4.02. The molecule has 0 unspecified atom stereocenters. The van der Waals surface area contributed by atoms with Gasteiger partial charge < -0.3 is 10.1 Å². The fourth-order valence-corrected chi connectivity index (χ4v) is 1.82. The first-order valence-electron chi connectivity index (χ1n) is 6.50. The van der Waals surface area contributed by atoms with Crippen LogP contribution in [0.25, 0.3) is 0 Å². The zero-order valence-corrected chi connectivity index (χ0v) is 11.1. The molecular weight excluding hydrogens is 226 g/mol. The van der Waals surface area contributed by atoms with Crippen molar-refractivity contribution < 1.29 is 9.53 Å². The van der Waals surface area contributed by atoms with E-state index in [0.29, 0.717) is 13.2 Å². The van der Waals surface area contributed by atoms with Crippen LogP contribution in [0.15, 0.2) is 30.3 Å². The summed E-state index contributed by atoms with van der Waals surface area (Å²) in [6.45, 7) is 5.11. The molecule has 1 N–H and O–H groups in total. The van der Waals surface area contributed by atoms with E-state index in [9.17, 15) is 4.79 Å². The molecule has 0 radical (unpaired) electrons. The number of carbonyl (C=O) groups excluding carboxylic acids is 1. The molecule has 1 aliphatic carbocycles. The molecule has 1 aromatic carbocycles. The molecule has 1 fully saturated rings. The van der Waals surface area contributed by atoms with Crippen LogP contribution in [-0.4, -0.2) is 18.1 Å². The standard InChI is InChI=1S/C15H21NO2/c1-15(2,16-14(17)13-8-9-13)11-18-10-12-6-4-3-5-7-12/h3-7,13H,8-11H2,1-2H3,(H,16,17). The number of nitrogens with one attached hydrogen (secondary N) is 1. The highest BCUT2D eigenvalue weighted by atomic mass is 16.5. The van der Waals surface area contributed by atoms with Crippen LogP contribution in [0.4, 0.5) is 0 Å². The molecule has 1 aliphatic rings. The quantitative estimate of drug-likeness (QED) is 0.838. The van der Waals surface area contributed by atoms with Crippen molar-refractivity contribution in [3.05, 3.63) is 35.9 Å². The highest BCUT2D eigenvalue weighted by Gasteiger charge is 2.33. The summed E-state index contributed by atoms with van der Waals surface area (Å²) < 4.78 is 5.67.